The average molecular weight is 390 g/mol. The number of carbonyl (C=O) groups is 1. The van der Waals surface area contributed by atoms with E-state index in [0.29, 0.717) is 18.9 Å². The molecule has 28 heavy (non-hydrogen) atoms. The number of aromatic nitrogens is 3. The molecule has 1 N–H and O–H groups in total. The summed E-state index contributed by atoms with van der Waals surface area (Å²) in [6.45, 7) is 3.08. The van der Waals surface area contributed by atoms with Gasteiger partial charge in [0.1, 0.15) is 29.2 Å². The van der Waals surface area contributed by atoms with E-state index in [1.54, 1.807) is 6.33 Å². The Kier molecular flexibility index (Phi) is 4.16. The molecule has 0 saturated carbocycles. The van der Waals surface area contributed by atoms with Crippen molar-refractivity contribution in [3.63, 3.8) is 0 Å². The molecule has 7 heteroatoms. The lowest BCUT2D eigenvalue weighted by Crippen LogP contribution is -2.39. The number of anilines is 1. The third kappa shape index (κ3) is 2.88. The Labute approximate surface area is 165 Å². The zero-order valence-electron chi connectivity index (χ0n) is 15.3. The number of hydrogen-bond acceptors (Lipinski definition) is 5. The molecule has 5 rings (SSSR count). The number of para-hydroxylation sites is 1. The molecule has 0 radical (unpaired) electrons. The average Bonchev–Trinajstić information content (AvgIpc) is 3.11. The Morgan fingerprint density at radius 2 is 2.14 bits per heavy atom. The molecule has 2 aromatic heterocycles. The number of H-pyrrole nitrogens is 1. The van der Waals surface area contributed by atoms with E-state index in [2.05, 4.69) is 15.0 Å². The Hall–Kier alpha value is -3.06. The van der Waals surface area contributed by atoms with Crippen molar-refractivity contribution in [1.82, 2.24) is 15.0 Å². The molecular weight excluding hydrogens is 372 g/mol. The van der Waals surface area contributed by atoms with Gasteiger partial charge in [-0.25, -0.2) is 9.97 Å². The summed E-state index contributed by atoms with van der Waals surface area (Å²) in [6, 6.07) is 13.9. The van der Waals surface area contributed by atoms with Gasteiger partial charge in [0, 0.05) is 10.9 Å². The van der Waals surface area contributed by atoms with E-state index < -0.39 is 0 Å². The minimum atomic E-state index is 0.0445. The summed E-state index contributed by atoms with van der Waals surface area (Å²) in [4.78, 5) is 27.0. The first kappa shape index (κ1) is 17.1. The number of aromatic amines is 1. The van der Waals surface area contributed by atoms with Gasteiger partial charge in [-0.3, -0.25) is 4.79 Å². The summed E-state index contributed by atoms with van der Waals surface area (Å²) in [5, 5.41) is 1.85. The maximum absolute atomic E-state index is 12.9. The zero-order chi connectivity index (χ0) is 19.1. The smallest absolute Gasteiger partial charge is 0.237 e. The van der Waals surface area contributed by atoms with Crippen LogP contribution in [-0.2, 0) is 4.79 Å². The lowest BCUT2D eigenvalue weighted by atomic mass is 10.1. The van der Waals surface area contributed by atoms with Crippen molar-refractivity contribution in [3.8, 4) is 5.75 Å². The molecule has 0 bridgehead atoms. The van der Waals surface area contributed by atoms with Crippen molar-refractivity contribution in [3.05, 3.63) is 54.4 Å². The van der Waals surface area contributed by atoms with Gasteiger partial charge < -0.3 is 14.6 Å². The Morgan fingerprint density at radius 3 is 3.07 bits per heavy atom. The fourth-order valence-corrected chi connectivity index (χ4v) is 4.35. The van der Waals surface area contributed by atoms with Crippen LogP contribution in [0.25, 0.3) is 21.9 Å². The molecule has 6 nitrogen and oxygen atoms in total. The molecule has 3 heterocycles. The van der Waals surface area contributed by atoms with E-state index in [9.17, 15) is 4.79 Å². The van der Waals surface area contributed by atoms with Crippen LogP contribution in [0, 0.1) is 6.92 Å². The summed E-state index contributed by atoms with van der Waals surface area (Å²) in [7, 11) is 0. The number of benzene rings is 2. The van der Waals surface area contributed by atoms with Crippen LogP contribution in [-0.4, -0.2) is 39.8 Å². The molecule has 1 aliphatic heterocycles. The van der Waals surface area contributed by atoms with Crippen LogP contribution >= 0.6 is 11.8 Å². The fraction of sp³-hybridized carbons (Fsp3) is 0.190. The lowest BCUT2D eigenvalue weighted by molar-refractivity contribution is -0.116. The molecule has 4 aromatic rings. The van der Waals surface area contributed by atoms with Crippen molar-refractivity contribution in [2.45, 2.75) is 11.9 Å². The van der Waals surface area contributed by atoms with Gasteiger partial charge in [0.05, 0.1) is 23.5 Å². The van der Waals surface area contributed by atoms with Crippen molar-refractivity contribution < 1.29 is 9.53 Å². The predicted molar refractivity (Wildman–Crippen MR) is 111 cm³/mol. The Morgan fingerprint density at radius 1 is 1.25 bits per heavy atom. The van der Waals surface area contributed by atoms with E-state index in [1.165, 1.54) is 11.8 Å². The first-order chi connectivity index (χ1) is 13.7. The number of hydrogen-bond donors (Lipinski definition) is 1. The standard InChI is InChI=1S/C21H18N4O2S/c1-13-6-7-17-16(10-13)25(8-9-27-17)18(26)11-28-21-20-19(22-12-23-21)14-4-2-3-5-15(14)24-20/h2-7,10,12,24H,8-9,11H2,1H3. The second-order valence-corrected chi connectivity index (χ2v) is 7.69. The minimum Gasteiger partial charge on any atom is -0.490 e. The van der Waals surface area contributed by atoms with Gasteiger partial charge >= 0.3 is 0 Å². The molecule has 0 unspecified atom stereocenters. The van der Waals surface area contributed by atoms with Crippen LogP contribution < -0.4 is 9.64 Å². The third-order valence-electron chi connectivity index (χ3n) is 4.87. The molecule has 1 aliphatic rings. The van der Waals surface area contributed by atoms with Gasteiger partial charge in [-0.2, -0.15) is 0 Å². The van der Waals surface area contributed by atoms with Gasteiger partial charge in [0.2, 0.25) is 5.91 Å². The first-order valence-corrected chi connectivity index (χ1v) is 10.1. The lowest BCUT2D eigenvalue weighted by Gasteiger charge is -2.29. The van der Waals surface area contributed by atoms with E-state index in [4.69, 9.17) is 4.74 Å². The number of nitrogens with one attached hydrogen (secondary N) is 1. The van der Waals surface area contributed by atoms with Crippen LogP contribution in [0.5, 0.6) is 5.75 Å². The van der Waals surface area contributed by atoms with Gasteiger partial charge in [-0.1, -0.05) is 36.0 Å². The molecule has 0 spiro atoms. The SMILES string of the molecule is Cc1ccc2c(c1)N(C(=O)CSc1ncnc3c1[nH]c1ccccc13)CCO2. The third-order valence-corrected chi connectivity index (χ3v) is 5.84. The molecule has 0 fully saturated rings. The summed E-state index contributed by atoms with van der Waals surface area (Å²) < 4.78 is 5.69. The highest BCUT2D eigenvalue weighted by atomic mass is 32.2. The Balaban J connectivity index is 1.42. The molecular formula is C21H18N4O2S. The van der Waals surface area contributed by atoms with E-state index in [1.807, 2.05) is 54.3 Å². The number of rotatable bonds is 3. The number of fused-ring (bicyclic) bond motifs is 4. The summed E-state index contributed by atoms with van der Waals surface area (Å²) in [6.07, 6.45) is 1.56. The summed E-state index contributed by atoms with van der Waals surface area (Å²) in [5.41, 5.74) is 4.72. The predicted octanol–water partition coefficient (Wildman–Crippen LogP) is 3.94. The van der Waals surface area contributed by atoms with Crippen molar-refractivity contribution in [2.24, 2.45) is 0 Å². The van der Waals surface area contributed by atoms with Crippen molar-refractivity contribution in [1.29, 1.82) is 0 Å². The number of nitrogens with zero attached hydrogens (tertiary/aromatic N) is 3. The van der Waals surface area contributed by atoms with Gasteiger partial charge in [-0.05, 0) is 30.7 Å². The van der Waals surface area contributed by atoms with Crippen LogP contribution in [0.2, 0.25) is 0 Å². The van der Waals surface area contributed by atoms with Crippen LogP contribution in [0.15, 0.2) is 53.8 Å². The van der Waals surface area contributed by atoms with E-state index >= 15 is 0 Å². The molecule has 1 amide bonds. The summed E-state index contributed by atoms with van der Waals surface area (Å²) >= 11 is 1.43. The maximum atomic E-state index is 12.9. The van der Waals surface area contributed by atoms with E-state index in [0.717, 1.165) is 44.0 Å². The molecule has 140 valence electrons. The highest BCUT2D eigenvalue weighted by molar-refractivity contribution is 8.00. The fourth-order valence-electron chi connectivity index (χ4n) is 3.52. The highest BCUT2D eigenvalue weighted by Gasteiger charge is 2.24. The number of ether oxygens (including phenoxy) is 1. The normalized spacial score (nSPS) is 13.5. The second-order valence-electron chi connectivity index (χ2n) is 6.73. The molecule has 2 aromatic carbocycles. The van der Waals surface area contributed by atoms with Crippen LogP contribution in [0.1, 0.15) is 5.56 Å². The quantitative estimate of drug-likeness (QED) is 0.424. The molecule has 0 saturated heterocycles. The second kappa shape index (κ2) is 6.83. The van der Waals surface area contributed by atoms with Gasteiger partial charge in [0.25, 0.3) is 0 Å². The first-order valence-electron chi connectivity index (χ1n) is 9.09. The van der Waals surface area contributed by atoms with Gasteiger partial charge in [-0.15, -0.1) is 0 Å². The van der Waals surface area contributed by atoms with Crippen LogP contribution in [0.4, 0.5) is 5.69 Å². The highest BCUT2D eigenvalue weighted by Crippen LogP contribution is 2.34. The van der Waals surface area contributed by atoms with E-state index in [-0.39, 0.29) is 5.91 Å². The van der Waals surface area contributed by atoms with Crippen LogP contribution in [0.3, 0.4) is 0 Å². The molecule has 0 aliphatic carbocycles. The largest absolute Gasteiger partial charge is 0.490 e. The number of amides is 1. The minimum absolute atomic E-state index is 0.0445. The topological polar surface area (TPSA) is 71.1 Å². The number of carbonyl (C=O) groups excluding carboxylic acids is 1. The maximum Gasteiger partial charge on any atom is 0.237 e. The molecule has 0 atom stereocenters. The monoisotopic (exact) mass is 390 g/mol. The summed E-state index contributed by atoms with van der Waals surface area (Å²) in [5.74, 6) is 1.10. The number of aryl methyl sites for hydroxylation is 1. The van der Waals surface area contributed by atoms with Crippen molar-refractivity contribution in [2.75, 3.05) is 23.8 Å². The van der Waals surface area contributed by atoms with Crippen molar-refractivity contribution >= 4 is 45.3 Å². The Bertz CT molecular complexity index is 1200. The zero-order valence-corrected chi connectivity index (χ0v) is 16.1. The number of thioether (sulfide) groups is 1. The van der Waals surface area contributed by atoms with Gasteiger partial charge in [0.15, 0.2) is 0 Å².